The molecule has 2 rings (SSSR count). The fourth-order valence-electron chi connectivity index (χ4n) is 1.86. The zero-order valence-corrected chi connectivity index (χ0v) is 11.1. The number of hydrogen-bond acceptors (Lipinski definition) is 3. The molecule has 0 aromatic heterocycles. The van der Waals surface area contributed by atoms with Gasteiger partial charge in [0.2, 0.25) is 5.91 Å². The highest BCUT2D eigenvalue weighted by atomic mass is 19.1. The molecule has 0 fully saturated rings. The molecule has 0 heterocycles. The van der Waals surface area contributed by atoms with Crippen LogP contribution in [0.2, 0.25) is 0 Å². The third kappa shape index (κ3) is 3.56. The van der Waals surface area contributed by atoms with Crippen molar-refractivity contribution in [2.75, 3.05) is 5.32 Å². The second-order valence-electron chi connectivity index (χ2n) is 4.48. The maximum atomic E-state index is 13.3. The van der Waals surface area contributed by atoms with Crippen molar-refractivity contribution in [3.8, 4) is 0 Å². The summed E-state index contributed by atoms with van der Waals surface area (Å²) in [6.07, 6.45) is 0. The number of nitrogens with two attached hydrogens (primary N) is 2. The van der Waals surface area contributed by atoms with Crippen molar-refractivity contribution in [2.24, 2.45) is 11.5 Å². The number of anilines is 1. The van der Waals surface area contributed by atoms with Crippen LogP contribution in [0.5, 0.6) is 0 Å². The first-order valence-electron chi connectivity index (χ1n) is 6.19. The Morgan fingerprint density at radius 2 is 1.81 bits per heavy atom. The number of amides is 2. The van der Waals surface area contributed by atoms with Crippen LogP contribution in [0.4, 0.5) is 10.1 Å². The van der Waals surface area contributed by atoms with Gasteiger partial charge >= 0.3 is 0 Å². The second-order valence-corrected chi connectivity index (χ2v) is 4.48. The van der Waals surface area contributed by atoms with Crippen LogP contribution in [0, 0.1) is 5.82 Å². The minimum Gasteiger partial charge on any atom is -0.381 e. The minimum atomic E-state index is -0.827. The number of halogens is 1. The van der Waals surface area contributed by atoms with Crippen molar-refractivity contribution in [3.05, 3.63) is 65.0 Å². The molecular weight excluding hydrogens is 273 g/mol. The van der Waals surface area contributed by atoms with Crippen molar-refractivity contribution < 1.29 is 14.0 Å². The number of carbonyl (C=O) groups excluding carboxylic acids is 2. The normalized spacial score (nSPS) is 10.1. The van der Waals surface area contributed by atoms with E-state index in [1.807, 2.05) is 6.07 Å². The number of rotatable bonds is 5. The second kappa shape index (κ2) is 6.04. The molecule has 0 saturated carbocycles. The highest BCUT2D eigenvalue weighted by molar-refractivity contribution is 5.94. The summed E-state index contributed by atoms with van der Waals surface area (Å²) in [7, 11) is 0. The molecule has 0 aliphatic heterocycles. The first-order chi connectivity index (χ1) is 9.97. The van der Waals surface area contributed by atoms with Gasteiger partial charge in [-0.1, -0.05) is 12.1 Å². The average Bonchev–Trinajstić information content (AvgIpc) is 2.46. The molecule has 0 atom stereocenters. The van der Waals surface area contributed by atoms with Gasteiger partial charge < -0.3 is 16.8 Å². The number of primary amides is 2. The minimum absolute atomic E-state index is 0.175. The van der Waals surface area contributed by atoms with E-state index in [4.69, 9.17) is 11.5 Å². The highest BCUT2D eigenvalue weighted by Crippen LogP contribution is 2.15. The van der Waals surface area contributed by atoms with E-state index < -0.39 is 17.6 Å². The van der Waals surface area contributed by atoms with E-state index in [0.717, 1.165) is 5.56 Å². The molecule has 0 radical (unpaired) electrons. The summed E-state index contributed by atoms with van der Waals surface area (Å²) in [5.74, 6) is -2.00. The molecule has 0 bridgehead atoms. The predicted molar refractivity (Wildman–Crippen MR) is 77.2 cm³/mol. The Hall–Kier alpha value is -2.89. The van der Waals surface area contributed by atoms with Crippen LogP contribution >= 0.6 is 0 Å². The van der Waals surface area contributed by atoms with E-state index in [1.54, 1.807) is 18.2 Å². The first-order valence-corrected chi connectivity index (χ1v) is 6.19. The van der Waals surface area contributed by atoms with Crippen molar-refractivity contribution in [1.29, 1.82) is 0 Å². The Labute approximate surface area is 120 Å². The molecule has 21 heavy (non-hydrogen) atoms. The van der Waals surface area contributed by atoms with Gasteiger partial charge in [0, 0.05) is 17.8 Å². The molecule has 108 valence electrons. The third-order valence-electron chi connectivity index (χ3n) is 2.94. The van der Waals surface area contributed by atoms with Gasteiger partial charge in [-0.2, -0.15) is 0 Å². The van der Waals surface area contributed by atoms with Crippen LogP contribution in [0.25, 0.3) is 0 Å². The monoisotopic (exact) mass is 287 g/mol. The van der Waals surface area contributed by atoms with E-state index in [-0.39, 0.29) is 5.56 Å². The lowest BCUT2D eigenvalue weighted by Crippen LogP contribution is -2.14. The fraction of sp³-hybridized carbons (Fsp3) is 0.0667. The predicted octanol–water partition coefficient (Wildman–Crippen LogP) is 1.64. The topological polar surface area (TPSA) is 98.2 Å². The largest absolute Gasteiger partial charge is 0.381 e. The van der Waals surface area contributed by atoms with Crippen LogP contribution in [-0.2, 0) is 6.54 Å². The van der Waals surface area contributed by atoms with Gasteiger partial charge in [0.25, 0.3) is 5.91 Å². The van der Waals surface area contributed by atoms with Crippen LogP contribution in [0.15, 0.2) is 42.5 Å². The van der Waals surface area contributed by atoms with Gasteiger partial charge in [0.15, 0.2) is 0 Å². The van der Waals surface area contributed by atoms with E-state index in [1.165, 1.54) is 18.2 Å². The van der Waals surface area contributed by atoms with Gasteiger partial charge in [0.1, 0.15) is 5.82 Å². The summed E-state index contributed by atoms with van der Waals surface area (Å²) < 4.78 is 13.3. The molecule has 0 aliphatic rings. The van der Waals surface area contributed by atoms with Gasteiger partial charge in [-0.15, -0.1) is 0 Å². The lowest BCUT2D eigenvalue weighted by molar-refractivity contribution is 0.0989. The number of carbonyl (C=O) groups is 2. The Morgan fingerprint density at radius 1 is 1.05 bits per heavy atom. The van der Waals surface area contributed by atoms with Gasteiger partial charge in [-0.3, -0.25) is 9.59 Å². The highest BCUT2D eigenvalue weighted by Gasteiger charge is 2.09. The number of nitrogens with one attached hydrogen (secondary N) is 1. The third-order valence-corrected chi connectivity index (χ3v) is 2.94. The molecule has 2 amide bonds. The zero-order valence-electron chi connectivity index (χ0n) is 11.1. The SMILES string of the molecule is NC(=O)c1cccc(CNc2ccc(F)c(C(N)=O)c2)c1. The Kier molecular flexibility index (Phi) is 4.18. The molecule has 0 unspecified atom stereocenters. The van der Waals surface area contributed by atoms with E-state index in [2.05, 4.69) is 5.32 Å². The molecule has 5 N–H and O–H groups in total. The molecule has 5 nitrogen and oxygen atoms in total. The fourth-order valence-corrected chi connectivity index (χ4v) is 1.86. The lowest BCUT2D eigenvalue weighted by Gasteiger charge is -2.09. The quantitative estimate of drug-likeness (QED) is 0.779. The van der Waals surface area contributed by atoms with Crippen LogP contribution in [0.1, 0.15) is 26.3 Å². The summed E-state index contributed by atoms with van der Waals surface area (Å²) >= 11 is 0. The molecular formula is C15H14FN3O2. The Bertz CT molecular complexity index is 701. The van der Waals surface area contributed by atoms with E-state index in [9.17, 15) is 14.0 Å². The first kappa shape index (κ1) is 14.5. The van der Waals surface area contributed by atoms with Gasteiger partial charge in [-0.05, 0) is 35.9 Å². The average molecular weight is 287 g/mol. The molecule has 0 spiro atoms. The van der Waals surface area contributed by atoms with E-state index >= 15 is 0 Å². The van der Waals surface area contributed by atoms with Crippen LogP contribution in [0.3, 0.4) is 0 Å². The lowest BCUT2D eigenvalue weighted by atomic mass is 10.1. The van der Waals surface area contributed by atoms with Crippen molar-refractivity contribution in [3.63, 3.8) is 0 Å². The maximum absolute atomic E-state index is 13.3. The van der Waals surface area contributed by atoms with Crippen LogP contribution < -0.4 is 16.8 Å². The molecule has 2 aromatic rings. The Balaban J connectivity index is 2.13. The van der Waals surface area contributed by atoms with Crippen molar-refractivity contribution in [2.45, 2.75) is 6.54 Å². The summed E-state index contributed by atoms with van der Waals surface area (Å²) in [5.41, 5.74) is 11.9. The van der Waals surface area contributed by atoms with Gasteiger partial charge in [-0.25, -0.2) is 4.39 Å². The molecule has 0 aliphatic carbocycles. The van der Waals surface area contributed by atoms with E-state index in [0.29, 0.717) is 17.8 Å². The summed E-state index contributed by atoms with van der Waals surface area (Å²) in [6, 6.07) is 10.8. The van der Waals surface area contributed by atoms with Crippen molar-refractivity contribution >= 4 is 17.5 Å². The summed E-state index contributed by atoms with van der Waals surface area (Å²) in [6.45, 7) is 0.394. The number of benzene rings is 2. The molecule has 6 heteroatoms. The standard InChI is InChI=1S/C15H14FN3O2/c16-13-5-4-11(7-12(13)15(18)21)19-8-9-2-1-3-10(6-9)14(17)20/h1-7,19H,8H2,(H2,17,20)(H2,18,21). The van der Waals surface area contributed by atoms with Gasteiger partial charge in [0.05, 0.1) is 5.56 Å². The summed E-state index contributed by atoms with van der Waals surface area (Å²) in [5, 5.41) is 3.02. The molecule has 2 aromatic carbocycles. The summed E-state index contributed by atoms with van der Waals surface area (Å²) in [4.78, 5) is 22.2. The zero-order chi connectivity index (χ0) is 15.4. The van der Waals surface area contributed by atoms with Crippen molar-refractivity contribution in [1.82, 2.24) is 0 Å². The Morgan fingerprint density at radius 3 is 2.48 bits per heavy atom. The molecule has 0 saturated heterocycles. The smallest absolute Gasteiger partial charge is 0.251 e. The number of hydrogen-bond donors (Lipinski definition) is 3. The van der Waals surface area contributed by atoms with Crippen LogP contribution in [-0.4, -0.2) is 11.8 Å². The maximum Gasteiger partial charge on any atom is 0.251 e.